The van der Waals surface area contributed by atoms with Crippen LogP contribution in [0.4, 0.5) is 0 Å². The Labute approximate surface area is 206 Å². The largest absolute Gasteiger partial charge is 0.298 e. The van der Waals surface area contributed by atoms with Gasteiger partial charge >= 0.3 is 0 Å². The Balaban J connectivity index is 2.35. The molecule has 2 unspecified atom stereocenters. The van der Waals surface area contributed by atoms with E-state index in [1.807, 2.05) is 0 Å². The highest BCUT2D eigenvalue weighted by molar-refractivity contribution is 7.81. The fraction of sp³-hybridized carbons (Fsp3) is 0.519. The van der Waals surface area contributed by atoms with Crippen LogP contribution in [0.3, 0.4) is 0 Å². The van der Waals surface area contributed by atoms with Crippen molar-refractivity contribution in [3.05, 3.63) is 69.8 Å². The van der Waals surface area contributed by atoms with Gasteiger partial charge in [0.05, 0.1) is 5.25 Å². The summed E-state index contributed by atoms with van der Waals surface area (Å²) in [4.78, 5) is 12.0. The summed E-state index contributed by atoms with van der Waals surface area (Å²) < 4.78 is 0. The monoisotopic (exact) mass is 474 g/mol. The van der Waals surface area contributed by atoms with Gasteiger partial charge < -0.3 is 0 Å². The number of hydrogen-bond acceptors (Lipinski definition) is 4. The lowest BCUT2D eigenvalue weighted by Gasteiger charge is -2.27. The van der Waals surface area contributed by atoms with Crippen molar-refractivity contribution in [2.45, 2.75) is 71.5 Å². The molecule has 2 aromatic rings. The lowest BCUT2D eigenvalue weighted by molar-refractivity contribution is -0.115. The minimum atomic E-state index is -0.0102. The van der Waals surface area contributed by atoms with Crippen LogP contribution in [0, 0.1) is 5.41 Å². The summed E-state index contributed by atoms with van der Waals surface area (Å²) in [5.74, 6) is 1.81. The first-order valence-electron chi connectivity index (χ1n) is 11.3. The molecule has 0 N–H and O–H groups in total. The maximum atomic E-state index is 12.0. The summed E-state index contributed by atoms with van der Waals surface area (Å²) in [5.41, 5.74) is 7.70. The molecule has 31 heavy (non-hydrogen) atoms. The van der Waals surface area contributed by atoms with Gasteiger partial charge in [-0.2, -0.15) is 37.9 Å². The second-order valence-electron chi connectivity index (χ2n) is 9.40. The van der Waals surface area contributed by atoms with Crippen LogP contribution in [-0.2, 0) is 24.1 Å². The van der Waals surface area contributed by atoms with Crippen LogP contribution in [0.2, 0.25) is 0 Å². The van der Waals surface area contributed by atoms with E-state index >= 15 is 0 Å². The van der Waals surface area contributed by atoms with Gasteiger partial charge in [0, 0.05) is 12.2 Å². The normalized spacial score (nSPS) is 13.8. The number of Topliss-reactive ketones (excluding diaryl/α,β-unsaturated/α-hetero) is 1. The predicted octanol–water partition coefficient (Wildman–Crippen LogP) is 7.32. The van der Waals surface area contributed by atoms with E-state index in [0.717, 1.165) is 36.1 Å². The highest BCUT2D eigenvalue weighted by Crippen LogP contribution is 2.36. The third-order valence-corrected chi connectivity index (χ3v) is 7.97. The Morgan fingerprint density at radius 3 is 2.13 bits per heavy atom. The minimum Gasteiger partial charge on any atom is -0.298 e. The molecule has 0 bridgehead atoms. The Hall–Kier alpha value is -0.840. The zero-order valence-corrected chi connectivity index (χ0v) is 22.3. The van der Waals surface area contributed by atoms with E-state index in [0.29, 0.717) is 12.3 Å². The molecule has 0 aliphatic heterocycles. The van der Waals surface area contributed by atoms with Crippen molar-refractivity contribution in [1.82, 2.24) is 0 Å². The predicted molar refractivity (Wildman–Crippen MR) is 146 cm³/mol. The van der Waals surface area contributed by atoms with Crippen molar-refractivity contribution in [2.75, 3.05) is 11.5 Å². The van der Waals surface area contributed by atoms with Crippen molar-refractivity contribution in [2.24, 2.45) is 5.41 Å². The van der Waals surface area contributed by atoms with Gasteiger partial charge in [-0.15, -0.1) is 0 Å². The van der Waals surface area contributed by atoms with Crippen molar-refractivity contribution >= 4 is 43.7 Å². The number of rotatable bonds is 11. The standard InChI is InChI=1S/C27H38OS3/c1-6-19-8-9-22(13-23(19)14-24(28)16-29)26(31)25-11-10-21(12-20(25)7-2)18(3)15-27(4,5)17-30/h8-13,18,26,29-31H,6-7,14-17H2,1-5H3. The summed E-state index contributed by atoms with van der Waals surface area (Å²) >= 11 is 13.7. The molecule has 0 radical (unpaired) electrons. The zero-order chi connectivity index (χ0) is 23.2. The van der Waals surface area contributed by atoms with Crippen molar-refractivity contribution < 1.29 is 4.79 Å². The lowest BCUT2D eigenvalue weighted by Crippen LogP contribution is -2.16. The Morgan fingerprint density at radius 2 is 1.55 bits per heavy atom. The van der Waals surface area contributed by atoms with Crippen LogP contribution >= 0.6 is 37.9 Å². The number of carbonyl (C=O) groups is 1. The van der Waals surface area contributed by atoms with Gasteiger partial charge in [-0.05, 0) is 69.7 Å². The third-order valence-electron chi connectivity index (χ3n) is 6.19. The van der Waals surface area contributed by atoms with Gasteiger partial charge in [0.15, 0.2) is 0 Å². The Morgan fingerprint density at radius 1 is 0.935 bits per heavy atom. The molecule has 0 fully saturated rings. The minimum absolute atomic E-state index is 0.0102. The molecule has 170 valence electrons. The molecule has 0 amide bonds. The number of ketones is 1. The topological polar surface area (TPSA) is 17.1 Å². The molecule has 1 nitrogen and oxygen atoms in total. The Kier molecular flexibility index (Phi) is 10.1. The molecule has 0 aromatic heterocycles. The summed E-state index contributed by atoms with van der Waals surface area (Å²) in [6, 6.07) is 13.4. The number of hydrogen-bond donors (Lipinski definition) is 3. The quantitative estimate of drug-likeness (QED) is 0.291. The second kappa shape index (κ2) is 11.9. The summed E-state index contributed by atoms with van der Waals surface area (Å²) in [7, 11) is 0. The maximum absolute atomic E-state index is 12.0. The molecule has 4 heteroatoms. The molecule has 0 heterocycles. The first kappa shape index (κ1) is 26.4. The molecule has 0 saturated carbocycles. The van der Waals surface area contributed by atoms with Gasteiger partial charge in [-0.25, -0.2) is 0 Å². The number of carbonyl (C=O) groups excluding carboxylic acids is 1. The van der Waals surface area contributed by atoms with Gasteiger partial charge in [-0.1, -0.05) is 71.0 Å². The van der Waals surface area contributed by atoms with Crippen LogP contribution in [0.1, 0.15) is 85.6 Å². The van der Waals surface area contributed by atoms with E-state index in [2.05, 4.69) is 96.3 Å². The van der Waals surface area contributed by atoms with Gasteiger partial charge in [0.1, 0.15) is 5.78 Å². The number of benzene rings is 2. The van der Waals surface area contributed by atoms with E-state index in [9.17, 15) is 4.79 Å². The lowest BCUT2D eigenvalue weighted by atomic mass is 9.81. The van der Waals surface area contributed by atoms with Crippen LogP contribution in [0.5, 0.6) is 0 Å². The molecule has 0 spiro atoms. The average molecular weight is 475 g/mol. The van der Waals surface area contributed by atoms with E-state index < -0.39 is 0 Å². The molecular formula is C27H38OS3. The van der Waals surface area contributed by atoms with Crippen molar-refractivity contribution in [3.63, 3.8) is 0 Å². The maximum Gasteiger partial charge on any atom is 0.146 e. The third kappa shape index (κ3) is 7.07. The fourth-order valence-electron chi connectivity index (χ4n) is 4.29. The molecule has 0 aliphatic carbocycles. The fourth-order valence-corrected chi connectivity index (χ4v) is 4.94. The zero-order valence-electron chi connectivity index (χ0n) is 19.6. The molecular weight excluding hydrogens is 436 g/mol. The number of aryl methyl sites for hydroxylation is 2. The van der Waals surface area contributed by atoms with Gasteiger partial charge in [0.2, 0.25) is 0 Å². The SMILES string of the molecule is CCc1ccc(C(S)c2ccc(C(C)CC(C)(C)CS)cc2CC)cc1CC(=O)CS. The summed E-state index contributed by atoms with van der Waals surface area (Å²) in [6.07, 6.45) is 3.45. The second-order valence-corrected chi connectivity index (χ2v) is 10.5. The van der Waals surface area contributed by atoms with Crippen molar-refractivity contribution in [1.29, 1.82) is 0 Å². The van der Waals surface area contributed by atoms with Crippen LogP contribution in [-0.4, -0.2) is 17.3 Å². The molecule has 0 saturated heterocycles. The van der Waals surface area contributed by atoms with Crippen LogP contribution in [0.25, 0.3) is 0 Å². The highest BCUT2D eigenvalue weighted by atomic mass is 32.1. The van der Waals surface area contributed by atoms with E-state index in [4.69, 9.17) is 12.6 Å². The average Bonchev–Trinajstić information content (AvgIpc) is 2.77. The van der Waals surface area contributed by atoms with Crippen LogP contribution < -0.4 is 0 Å². The van der Waals surface area contributed by atoms with E-state index in [-0.39, 0.29) is 22.2 Å². The highest BCUT2D eigenvalue weighted by Gasteiger charge is 2.22. The van der Waals surface area contributed by atoms with E-state index in [1.165, 1.54) is 22.3 Å². The molecule has 2 atom stereocenters. The first-order chi connectivity index (χ1) is 14.6. The summed E-state index contributed by atoms with van der Waals surface area (Å²) in [5, 5.41) is -0.0102. The first-order valence-corrected chi connectivity index (χ1v) is 13.1. The summed E-state index contributed by atoms with van der Waals surface area (Å²) in [6.45, 7) is 11.2. The Bertz CT molecular complexity index is 888. The molecule has 2 aromatic carbocycles. The smallest absolute Gasteiger partial charge is 0.146 e. The molecule has 0 aliphatic rings. The number of thiol groups is 3. The van der Waals surface area contributed by atoms with Crippen LogP contribution in [0.15, 0.2) is 36.4 Å². The van der Waals surface area contributed by atoms with Crippen molar-refractivity contribution in [3.8, 4) is 0 Å². The molecule has 2 rings (SSSR count). The van der Waals surface area contributed by atoms with Gasteiger partial charge in [-0.3, -0.25) is 4.79 Å². The van der Waals surface area contributed by atoms with E-state index in [1.54, 1.807) is 0 Å². The van der Waals surface area contributed by atoms with Gasteiger partial charge in [0.25, 0.3) is 0 Å².